The summed E-state index contributed by atoms with van der Waals surface area (Å²) in [6.07, 6.45) is 4.23. The van der Waals surface area contributed by atoms with Crippen LogP contribution in [-0.4, -0.2) is 85.8 Å². The maximum atomic E-state index is 13.8. The van der Waals surface area contributed by atoms with Crippen LogP contribution < -0.4 is 5.32 Å². The van der Waals surface area contributed by atoms with Gasteiger partial charge in [0.1, 0.15) is 23.8 Å². The fourth-order valence-electron chi connectivity index (χ4n) is 4.40. The topological polar surface area (TPSA) is 71.1 Å². The van der Waals surface area contributed by atoms with Gasteiger partial charge in [-0.3, -0.25) is 14.5 Å². The Morgan fingerprint density at radius 2 is 1.65 bits per heavy atom. The molecule has 0 unspecified atom stereocenters. The molecule has 0 aromatic heterocycles. The second kappa shape index (κ2) is 10.0. The van der Waals surface area contributed by atoms with E-state index in [1.165, 1.54) is 12.8 Å². The van der Waals surface area contributed by atoms with E-state index in [1.807, 2.05) is 0 Å². The van der Waals surface area contributed by atoms with Crippen LogP contribution in [0.15, 0.2) is 18.2 Å². The lowest BCUT2D eigenvalue weighted by molar-refractivity contribution is -0.132. The Kier molecular flexibility index (Phi) is 7.14. The third-order valence-corrected chi connectivity index (χ3v) is 6.16. The predicted octanol–water partition coefficient (Wildman–Crippen LogP) is 1.57. The molecule has 0 spiro atoms. The second-order valence-electron chi connectivity index (χ2n) is 8.53. The molecule has 0 aliphatic carbocycles. The second-order valence-corrected chi connectivity index (χ2v) is 8.53. The van der Waals surface area contributed by atoms with Crippen molar-refractivity contribution in [3.63, 3.8) is 0 Å². The monoisotopic (exact) mass is 437 g/mol. The van der Waals surface area contributed by atoms with Gasteiger partial charge in [-0.25, -0.2) is 8.78 Å². The Labute approximate surface area is 180 Å². The smallest absolute Gasteiger partial charge is 0.254 e. The first-order chi connectivity index (χ1) is 15.0. The number of halogens is 2. The van der Waals surface area contributed by atoms with Crippen LogP contribution in [0.1, 0.15) is 36.0 Å². The summed E-state index contributed by atoms with van der Waals surface area (Å²) >= 11 is 0. The van der Waals surface area contributed by atoms with Gasteiger partial charge in [0, 0.05) is 19.2 Å². The third-order valence-electron chi connectivity index (χ3n) is 6.16. The lowest BCUT2D eigenvalue weighted by Crippen LogP contribution is -2.43. The molecule has 0 saturated carbocycles. The lowest BCUT2D eigenvalue weighted by atomic mass is 10.2. The molecule has 3 aliphatic rings. The summed E-state index contributed by atoms with van der Waals surface area (Å²) in [5.74, 6) is -2.20. The SMILES string of the molecule is O=C(NC1CO[C@H]2CN(C(=O)CN3CCCCCC3)C[C@@H]2OC1)c1ccc(F)cc1F. The first kappa shape index (κ1) is 22.1. The van der Waals surface area contributed by atoms with E-state index in [0.717, 1.165) is 38.1 Å². The average Bonchev–Trinajstić information content (AvgIpc) is 2.87. The molecule has 0 bridgehead atoms. The van der Waals surface area contributed by atoms with Crippen molar-refractivity contribution in [2.24, 2.45) is 0 Å². The number of carbonyl (C=O) groups is 2. The molecule has 170 valence electrons. The summed E-state index contributed by atoms with van der Waals surface area (Å²) in [4.78, 5) is 29.1. The molecule has 1 aromatic rings. The number of nitrogens with one attached hydrogen (secondary N) is 1. The van der Waals surface area contributed by atoms with Gasteiger partial charge >= 0.3 is 0 Å². The molecule has 2 amide bonds. The summed E-state index contributed by atoms with van der Waals surface area (Å²) in [7, 11) is 0. The quantitative estimate of drug-likeness (QED) is 0.774. The number of rotatable bonds is 4. The van der Waals surface area contributed by atoms with Gasteiger partial charge in [0.05, 0.1) is 31.4 Å². The van der Waals surface area contributed by atoms with Crippen molar-refractivity contribution in [3.8, 4) is 0 Å². The molecule has 1 N–H and O–H groups in total. The van der Waals surface area contributed by atoms with Crippen molar-refractivity contribution >= 4 is 11.8 Å². The van der Waals surface area contributed by atoms with Crippen molar-refractivity contribution in [1.29, 1.82) is 0 Å². The molecule has 9 heteroatoms. The Balaban J connectivity index is 1.26. The molecule has 1 aromatic carbocycles. The number of fused-ring (bicyclic) bond motifs is 1. The van der Waals surface area contributed by atoms with Crippen LogP contribution >= 0.6 is 0 Å². The summed E-state index contributed by atoms with van der Waals surface area (Å²) in [6.45, 7) is 3.69. The first-order valence-electron chi connectivity index (χ1n) is 11.0. The largest absolute Gasteiger partial charge is 0.371 e. The Bertz CT molecular complexity index is 785. The minimum Gasteiger partial charge on any atom is -0.371 e. The normalized spacial score (nSPS) is 25.5. The number of amides is 2. The predicted molar refractivity (Wildman–Crippen MR) is 109 cm³/mol. The number of benzene rings is 1. The van der Waals surface area contributed by atoms with Gasteiger partial charge in [-0.15, -0.1) is 0 Å². The van der Waals surface area contributed by atoms with Crippen LogP contribution in [0.5, 0.6) is 0 Å². The number of hydrogen-bond acceptors (Lipinski definition) is 5. The zero-order valence-corrected chi connectivity index (χ0v) is 17.5. The standard InChI is InChI=1S/C22H29F2N3O4/c23-15-5-6-17(18(24)9-15)22(29)25-16-13-30-19-10-27(11-20(19)31-14-16)21(28)12-26-7-3-1-2-4-8-26/h5-6,9,16,19-20H,1-4,7-8,10-14H2,(H,25,29)/t19-,20-/m0/s1. The van der Waals surface area contributed by atoms with Crippen LogP contribution in [0.2, 0.25) is 0 Å². The highest BCUT2D eigenvalue weighted by Crippen LogP contribution is 2.21. The van der Waals surface area contributed by atoms with Crippen LogP contribution in [0.25, 0.3) is 0 Å². The number of likely N-dealkylation sites (tertiary alicyclic amines) is 2. The minimum absolute atomic E-state index is 0.0961. The molecular formula is C22H29F2N3O4. The Morgan fingerprint density at radius 3 is 2.26 bits per heavy atom. The van der Waals surface area contributed by atoms with Crippen LogP contribution in [0, 0.1) is 11.6 Å². The van der Waals surface area contributed by atoms with Crippen LogP contribution in [0.3, 0.4) is 0 Å². The van der Waals surface area contributed by atoms with Crippen molar-refractivity contribution < 1.29 is 27.8 Å². The number of ether oxygens (including phenoxy) is 2. The number of carbonyl (C=O) groups excluding carboxylic acids is 2. The van der Waals surface area contributed by atoms with E-state index < -0.39 is 23.6 Å². The van der Waals surface area contributed by atoms with E-state index in [0.29, 0.717) is 25.7 Å². The molecule has 2 atom stereocenters. The molecule has 0 radical (unpaired) electrons. The van der Waals surface area contributed by atoms with E-state index in [4.69, 9.17) is 9.47 Å². The van der Waals surface area contributed by atoms with Gasteiger partial charge in [-0.2, -0.15) is 0 Å². The van der Waals surface area contributed by atoms with Crippen molar-refractivity contribution in [1.82, 2.24) is 15.1 Å². The van der Waals surface area contributed by atoms with Crippen molar-refractivity contribution in [2.75, 3.05) is 45.9 Å². The van der Waals surface area contributed by atoms with E-state index in [-0.39, 0.29) is 36.9 Å². The molecule has 7 nitrogen and oxygen atoms in total. The molecule has 3 fully saturated rings. The minimum atomic E-state index is -0.914. The first-order valence-corrected chi connectivity index (χ1v) is 11.0. The lowest BCUT2D eigenvalue weighted by Gasteiger charge is -2.24. The maximum absolute atomic E-state index is 13.8. The van der Waals surface area contributed by atoms with Crippen molar-refractivity contribution in [2.45, 2.75) is 43.9 Å². The summed E-state index contributed by atoms with van der Waals surface area (Å²) in [5, 5.41) is 2.68. The van der Waals surface area contributed by atoms with Gasteiger partial charge in [0.25, 0.3) is 5.91 Å². The average molecular weight is 437 g/mol. The number of nitrogens with zero attached hydrogens (tertiary/aromatic N) is 2. The van der Waals surface area contributed by atoms with Gasteiger partial charge in [-0.05, 0) is 38.1 Å². The van der Waals surface area contributed by atoms with Gasteiger partial charge in [0.15, 0.2) is 0 Å². The third kappa shape index (κ3) is 5.58. The maximum Gasteiger partial charge on any atom is 0.254 e. The summed E-state index contributed by atoms with van der Waals surface area (Å²) in [5.41, 5.74) is -0.226. The Hall–Kier alpha value is -2.10. The van der Waals surface area contributed by atoms with Crippen molar-refractivity contribution in [3.05, 3.63) is 35.4 Å². The fraction of sp³-hybridized carbons (Fsp3) is 0.636. The highest BCUT2D eigenvalue weighted by molar-refractivity contribution is 5.94. The zero-order chi connectivity index (χ0) is 21.8. The molecule has 4 rings (SSSR count). The van der Waals surface area contributed by atoms with Crippen LogP contribution in [0.4, 0.5) is 8.78 Å². The van der Waals surface area contributed by atoms with Gasteiger partial charge in [0.2, 0.25) is 5.91 Å². The number of hydrogen-bond donors (Lipinski definition) is 1. The zero-order valence-electron chi connectivity index (χ0n) is 17.5. The van der Waals surface area contributed by atoms with Gasteiger partial charge < -0.3 is 19.7 Å². The highest BCUT2D eigenvalue weighted by atomic mass is 19.1. The summed E-state index contributed by atoms with van der Waals surface area (Å²) < 4.78 is 38.7. The van der Waals surface area contributed by atoms with E-state index in [1.54, 1.807) is 4.90 Å². The molecule has 3 heterocycles. The molecular weight excluding hydrogens is 408 g/mol. The van der Waals surface area contributed by atoms with Crippen LogP contribution in [-0.2, 0) is 14.3 Å². The fourth-order valence-corrected chi connectivity index (χ4v) is 4.40. The molecule has 3 saturated heterocycles. The Morgan fingerprint density at radius 1 is 1.00 bits per heavy atom. The van der Waals surface area contributed by atoms with E-state index in [2.05, 4.69) is 10.2 Å². The van der Waals surface area contributed by atoms with E-state index in [9.17, 15) is 18.4 Å². The highest BCUT2D eigenvalue weighted by Gasteiger charge is 2.39. The molecule has 3 aliphatic heterocycles. The van der Waals surface area contributed by atoms with E-state index >= 15 is 0 Å². The summed E-state index contributed by atoms with van der Waals surface area (Å²) in [6, 6.07) is 2.38. The molecule has 31 heavy (non-hydrogen) atoms. The van der Waals surface area contributed by atoms with Gasteiger partial charge in [-0.1, -0.05) is 12.8 Å².